The second kappa shape index (κ2) is 6.12. The van der Waals surface area contributed by atoms with Crippen LogP contribution in [-0.4, -0.2) is 16.5 Å². The van der Waals surface area contributed by atoms with E-state index in [-0.39, 0.29) is 0 Å². The van der Waals surface area contributed by atoms with Gasteiger partial charge in [-0.3, -0.25) is 0 Å². The molecule has 2 aromatic rings. The molecule has 94 valence electrons. The number of hydrogen-bond donors (Lipinski definition) is 1. The summed E-state index contributed by atoms with van der Waals surface area (Å²) in [5.41, 5.74) is 6.60. The van der Waals surface area contributed by atoms with Crippen LogP contribution in [-0.2, 0) is 6.42 Å². The molecule has 0 amide bonds. The van der Waals surface area contributed by atoms with Crippen LogP contribution in [0.5, 0.6) is 11.5 Å². The highest BCUT2D eigenvalue weighted by molar-refractivity contribution is 5.31. The van der Waals surface area contributed by atoms with Crippen molar-refractivity contribution in [3.8, 4) is 11.5 Å². The number of nitrogens with two attached hydrogens (primary N) is 1. The summed E-state index contributed by atoms with van der Waals surface area (Å²) in [6.07, 6.45) is 5.10. The summed E-state index contributed by atoms with van der Waals surface area (Å²) >= 11 is 0. The van der Waals surface area contributed by atoms with Crippen molar-refractivity contribution < 1.29 is 4.74 Å². The van der Waals surface area contributed by atoms with E-state index in [2.05, 4.69) is 9.97 Å². The van der Waals surface area contributed by atoms with Crippen LogP contribution in [0.3, 0.4) is 0 Å². The van der Waals surface area contributed by atoms with Gasteiger partial charge in [-0.05, 0) is 37.6 Å². The van der Waals surface area contributed by atoms with Crippen molar-refractivity contribution >= 4 is 0 Å². The molecule has 0 aliphatic rings. The average molecular weight is 243 g/mol. The lowest BCUT2D eigenvalue weighted by atomic mass is 10.2. The number of hydrogen-bond acceptors (Lipinski definition) is 4. The highest BCUT2D eigenvalue weighted by Crippen LogP contribution is 2.20. The molecule has 0 aliphatic carbocycles. The Kier molecular flexibility index (Phi) is 4.25. The number of rotatable bonds is 5. The summed E-state index contributed by atoms with van der Waals surface area (Å²) in [6.45, 7) is 2.68. The minimum atomic E-state index is 0.650. The average Bonchev–Trinajstić information content (AvgIpc) is 2.38. The fraction of sp³-hybridized carbons (Fsp3) is 0.286. The van der Waals surface area contributed by atoms with Crippen LogP contribution in [0.2, 0.25) is 0 Å². The summed E-state index contributed by atoms with van der Waals surface area (Å²) in [4.78, 5) is 8.49. The van der Waals surface area contributed by atoms with Crippen molar-refractivity contribution in [2.45, 2.75) is 19.8 Å². The molecule has 1 heterocycles. The van der Waals surface area contributed by atoms with Crippen LogP contribution in [0.4, 0.5) is 0 Å². The second-order valence-corrected chi connectivity index (χ2v) is 4.15. The third-order valence-electron chi connectivity index (χ3n) is 2.51. The van der Waals surface area contributed by atoms with Gasteiger partial charge in [0.1, 0.15) is 11.6 Å². The third kappa shape index (κ3) is 3.53. The number of ether oxygens (including phenoxy) is 1. The first-order valence-corrected chi connectivity index (χ1v) is 6.03. The van der Waals surface area contributed by atoms with Crippen LogP contribution in [0.1, 0.15) is 17.8 Å². The maximum atomic E-state index is 5.67. The van der Waals surface area contributed by atoms with Gasteiger partial charge in [-0.15, -0.1) is 0 Å². The summed E-state index contributed by atoms with van der Waals surface area (Å²) in [6, 6.07) is 7.87. The summed E-state index contributed by atoms with van der Waals surface area (Å²) in [7, 11) is 0. The molecule has 0 spiro atoms. The number of aromatic nitrogens is 2. The molecular formula is C14H17N3O. The van der Waals surface area contributed by atoms with Gasteiger partial charge in [-0.25, -0.2) is 9.97 Å². The van der Waals surface area contributed by atoms with Crippen LogP contribution in [0.15, 0.2) is 36.7 Å². The predicted molar refractivity (Wildman–Crippen MR) is 70.7 cm³/mol. The molecule has 4 nitrogen and oxygen atoms in total. The normalized spacial score (nSPS) is 10.3. The fourth-order valence-corrected chi connectivity index (χ4v) is 1.60. The largest absolute Gasteiger partial charge is 0.454 e. The van der Waals surface area contributed by atoms with Gasteiger partial charge in [0.05, 0.1) is 12.4 Å². The van der Waals surface area contributed by atoms with Crippen molar-refractivity contribution in [3.63, 3.8) is 0 Å². The van der Waals surface area contributed by atoms with E-state index in [0.717, 1.165) is 30.0 Å². The Labute approximate surface area is 107 Å². The lowest BCUT2D eigenvalue weighted by Crippen LogP contribution is -2.03. The first-order chi connectivity index (χ1) is 8.78. The van der Waals surface area contributed by atoms with E-state index in [0.29, 0.717) is 12.3 Å². The molecule has 0 atom stereocenters. The number of aryl methyl sites for hydroxylation is 2. The van der Waals surface area contributed by atoms with Crippen molar-refractivity contribution in [3.05, 3.63) is 48.0 Å². The maximum absolute atomic E-state index is 5.67. The Morgan fingerprint density at radius 1 is 1.17 bits per heavy atom. The first-order valence-electron chi connectivity index (χ1n) is 6.03. The van der Waals surface area contributed by atoms with Crippen LogP contribution >= 0.6 is 0 Å². The maximum Gasteiger partial charge on any atom is 0.164 e. The molecule has 1 aromatic carbocycles. The van der Waals surface area contributed by atoms with Gasteiger partial charge in [-0.1, -0.05) is 12.1 Å². The lowest BCUT2D eigenvalue weighted by molar-refractivity contribution is 0.475. The van der Waals surface area contributed by atoms with E-state index in [1.165, 1.54) is 0 Å². The minimum absolute atomic E-state index is 0.650. The van der Waals surface area contributed by atoms with Gasteiger partial charge in [0.25, 0.3) is 0 Å². The minimum Gasteiger partial charge on any atom is -0.454 e. The van der Waals surface area contributed by atoms with Gasteiger partial charge in [0.15, 0.2) is 5.75 Å². The second-order valence-electron chi connectivity index (χ2n) is 4.15. The summed E-state index contributed by atoms with van der Waals surface area (Å²) in [5, 5.41) is 0. The Balaban J connectivity index is 2.02. The molecule has 1 aromatic heterocycles. The van der Waals surface area contributed by atoms with E-state index >= 15 is 0 Å². The SMILES string of the molecule is Cc1cccc(Oc2cnc(CCCN)nc2)c1. The molecule has 0 aliphatic heterocycles. The smallest absolute Gasteiger partial charge is 0.164 e. The Bertz CT molecular complexity index is 497. The zero-order valence-corrected chi connectivity index (χ0v) is 10.5. The number of benzene rings is 1. The monoisotopic (exact) mass is 243 g/mol. The van der Waals surface area contributed by atoms with Crippen LogP contribution in [0.25, 0.3) is 0 Å². The Morgan fingerprint density at radius 3 is 2.61 bits per heavy atom. The Hall–Kier alpha value is -1.94. The molecule has 2 rings (SSSR count). The van der Waals surface area contributed by atoms with Crippen LogP contribution in [0, 0.1) is 6.92 Å². The quantitative estimate of drug-likeness (QED) is 0.876. The standard InChI is InChI=1S/C14H17N3O/c1-11-4-2-5-12(8-11)18-13-9-16-14(17-10-13)6-3-7-15/h2,4-5,8-10H,3,6-7,15H2,1H3. The van der Waals surface area contributed by atoms with Crippen LogP contribution < -0.4 is 10.5 Å². The summed E-state index contributed by atoms with van der Waals surface area (Å²) in [5.74, 6) is 2.25. The number of nitrogens with zero attached hydrogens (tertiary/aromatic N) is 2. The lowest BCUT2D eigenvalue weighted by Gasteiger charge is -2.06. The molecule has 0 bridgehead atoms. The first kappa shape index (κ1) is 12.5. The molecule has 18 heavy (non-hydrogen) atoms. The molecular weight excluding hydrogens is 226 g/mol. The van der Waals surface area contributed by atoms with Gasteiger partial charge < -0.3 is 10.5 Å². The van der Waals surface area contributed by atoms with Crippen molar-refractivity contribution in [2.75, 3.05) is 6.54 Å². The zero-order chi connectivity index (χ0) is 12.8. The van der Waals surface area contributed by atoms with Crippen molar-refractivity contribution in [2.24, 2.45) is 5.73 Å². The van der Waals surface area contributed by atoms with Crippen molar-refractivity contribution in [1.29, 1.82) is 0 Å². The third-order valence-corrected chi connectivity index (χ3v) is 2.51. The predicted octanol–water partition coefficient (Wildman–Crippen LogP) is 2.47. The molecule has 0 saturated carbocycles. The van der Waals surface area contributed by atoms with Gasteiger partial charge in [0, 0.05) is 6.42 Å². The van der Waals surface area contributed by atoms with E-state index < -0.39 is 0 Å². The van der Waals surface area contributed by atoms with Crippen molar-refractivity contribution in [1.82, 2.24) is 9.97 Å². The molecule has 4 heteroatoms. The highest BCUT2D eigenvalue weighted by Gasteiger charge is 2.00. The summed E-state index contributed by atoms with van der Waals surface area (Å²) < 4.78 is 5.67. The van der Waals surface area contributed by atoms with Gasteiger partial charge >= 0.3 is 0 Å². The Morgan fingerprint density at radius 2 is 1.94 bits per heavy atom. The van der Waals surface area contributed by atoms with E-state index in [1.54, 1.807) is 12.4 Å². The fourth-order valence-electron chi connectivity index (χ4n) is 1.60. The topological polar surface area (TPSA) is 61.0 Å². The molecule has 0 radical (unpaired) electrons. The molecule has 0 unspecified atom stereocenters. The van der Waals surface area contributed by atoms with E-state index in [4.69, 9.17) is 10.5 Å². The highest BCUT2D eigenvalue weighted by atomic mass is 16.5. The molecule has 0 saturated heterocycles. The molecule has 0 fully saturated rings. The van der Waals surface area contributed by atoms with E-state index in [9.17, 15) is 0 Å². The van der Waals surface area contributed by atoms with Gasteiger partial charge in [-0.2, -0.15) is 0 Å². The van der Waals surface area contributed by atoms with Gasteiger partial charge in [0.2, 0.25) is 0 Å². The zero-order valence-electron chi connectivity index (χ0n) is 10.5. The van der Waals surface area contributed by atoms with E-state index in [1.807, 2.05) is 31.2 Å². The molecule has 2 N–H and O–H groups in total.